The number of rotatable bonds is 2. The van der Waals surface area contributed by atoms with Crippen molar-refractivity contribution in [1.29, 1.82) is 0 Å². The average Bonchev–Trinajstić information content (AvgIpc) is 2.66. The van der Waals surface area contributed by atoms with Crippen molar-refractivity contribution >= 4 is 28.6 Å². The van der Waals surface area contributed by atoms with Crippen LogP contribution in [0.4, 0.5) is 4.39 Å². The van der Waals surface area contributed by atoms with E-state index in [1.165, 1.54) is 12.1 Å². The number of hydrogen-bond donors (Lipinski definition) is 1. The Morgan fingerprint density at radius 1 is 1.40 bits per heavy atom. The second-order valence-electron chi connectivity index (χ2n) is 2.96. The number of halogens is 2. The molecule has 1 aromatic heterocycles. The molecule has 78 valence electrons. The highest BCUT2D eigenvalue weighted by Crippen LogP contribution is 2.29. The van der Waals surface area contributed by atoms with Gasteiger partial charge in [-0.3, -0.25) is 0 Å². The van der Waals surface area contributed by atoms with Gasteiger partial charge < -0.3 is 4.52 Å². The second kappa shape index (κ2) is 4.37. The molecule has 0 amide bonds. The monoisotopic (exact) mass is 287 g/mol. The van der Waals surface area contributed by atoms with Gasteiger partial charge in [-0.05, 0) is 34.1 Å². The predicted molar refractivity (Wildman–Crippen MR) is 62.3 cm³/mol. The Labute approximate surface area is 100 Å². The largest absolute Gasteiger partial charge is 0.356 e. The van der Waals surface area contributed by atoms with Crippen LogP contribution in [0.1, 0.15) is 5.69 Å². The van der Waals surface area contributed by atoms with E-state index in [4.69, 9.17) is 4.52 Å². The van der Waals surface area contributed by atoms with Gasteiger partial charge in [0.1, 0.15) is 5.82 Å². The first-order valence-corrected chi connectivity index (χ1v) is 5.65. The molecule has 0 aliphatic rings. The summed E-state index contributed by atoms with van der Waals surface area (Å²) in [5, 5.41) is 3.81. The molecule has 0 bridgehead atoms. The Hall–Kier alpha value is -0.810. The Morgan fingerprint density at radius 3 is 2.80 bits per heavy atom. The van der Waals surface area contributed by atoms with Crippen molar-refractivity contribution in [1.82, 2.24) is 5.16 Å². The fourth-order valence-electron chi connectivity index (χ4n) is 1.20. The summed E-state index contributed by atoms with van der Waals surface area (Å²) in [5.74, 6) is 0.827. The van der Waals surface area contributed by atoms with Gasteiger partial charge in [0, 0.05) is 21.9 Å². The minimum absolute atomic E-state index is 0.292. The van der Waals surface area contributed by atoms with Crippen LogP contribution in [0.2, 0.25) is 0 Å². The van der Waals surface area contributed by atoms with E-state index in [9.17, 15) is 4.39 Å². The molecule has 1 heterocycles. The van der Waals surface area contributed by atoms with Gasteiger partial charge in [0.05, 0.1) is 5.69 Å². The second-order valence-corrected chi connectivity index (χ2v) is 4.14. The van der Waals surface area contributed by atoms with Crippen LogP contribution in [0.25, 0.3) is 11.3 Å². The lowest BCUT2D eigenvalue weighted by atomic mass is 10.1. The lowest BCUT2D eigenvalue weighted by Gasteiger charge is -1.98. The molecule has 5 heteroatoms. The van der Waals surface area contributed by atoms with Crippen LogP contribution >= 0.6 is 28.6 Å². The van der Waals surface area contributed by atoms with E-state index in [1.807, 2.05) is 0 Å². The zero-order valence-corrected chi connectivity index (χ0v) is 10.1. The van der Waals surface area contributed by atoms with Gasteiger partial charge in [0.15, 0.2) is 5.76 Å². The van der Waals surface area contributed by atoms with Crippen LogP contribution in [0, 0.1) is 5.82 Å². The minimum atomic E-state index is -0.292. The summed E-state index contributed by atoms with van der Waals surface area (Å²) >= 11 is 7.35. The summed E-state index contributed by atoms with van der Waals surface area (Å²) in [5.41, 5.74) is 1.53. The third kappa shape index (κ3) is 2.23. The quantitative estimate of drug-likeness (QED) is 0.853. The van der Waals surface area contributed by atoms with Gasteiger partial charge >= 0.3 is 0 Å². The molecule has 0 saturated heterocycles. The molecular weight excluding hydrogens is 281 g/mol. The van der Waals surface area contributed by atoms with Crippen LogP contribution in [-0.2, 0) is 5.75 Å². The number of benzene rings is 1. The van der Waals surface area contributed by atoms with Gasteiger partial charge in [-0.1, -0.05) is 5.16 Å². The molecule has 15 heavy (non-hydrogen) atoms. The van der Waals surface area contributed by atoms with Crippen LogP contribution in [-0.4, -0.2) is 5.16 Å². The van der Waals surface area contributed by atoms with Crippen LogP contribution in [0.5, 0.6) is 0 Å². The van der Waals surface area contributed by atoms with Crippen molar-refractivity contribution in [3.63, 3.8) is 0 Å². The first kappa shape index (κ1) is 10.7. The normalized spacial score (nSPS) is 10.6. The van der Waals surface area contributed by atoms with Crippen LogP contribution < -0.4 is 0 Å². The molecule has 0 radical (unpaired) electrons. The highest BCUT2D eigenvalue weighted by molar-refractivity contribution is 9.10. The van der Waals surface area contributed by atoms with E-state index in [2.05, 4.69) is 33.7 Å². The minimum Gasteiger partial charge on any atom is -0.356 e. The molecule has 0 aliphatic carbocycles. The molecule has 0 N–H and O–H groups in total. The lowest BCUT2D eigenvalue weighted by molar-refractivity contribution is 0.426. The third-order valence-electron chi connectivity index (χ3n) is 1.92. The third-order valence-corrected chi connectivity index (χ3v) is 2.90. The summed E-state index contributed by atoms with van der Waals surface area (Å²) in [6.45, 7) is 0. The van der Waals surface area contributed by atoms with Crippen LogP contribution in [0.15, 0.2) is 33.3 Å². The lowest BCUT2D eigenvalue weighted by Crippen LogP contribution is -1.79. The Morgan fingerprint density at radius 2 is 2.20 bits per heavy atom. The van der Waals surface area contributed by atoms with E-state index in [0.29, 0.717) is 16.0 Å². The average molecular weight is 288 g/mol. The first-order chi connectivity index (χ1) is 7.20. The van der Waals surface area contributed by atoms with Gasteiger partial charge in [-0.15, -0.1) is 0 Å². The molecule has 0 saturated carbocycles. The fourth-order valence-corrected chi connectivity index (χ4v) is 1.90. The summed E-state index contributed by atoms with van der Waals surface area (Å²) < 4.78 is 18.6. The Kier molecular flexibility index (Phi) is 3.11. The van der Waals surface area contributed by atoms with E-state index in [-0.39, 0.29) is 5.82 Å². The zero-order chi connectivity index (χ0) is 10.8. The van der Waals surface area contributed by atoms with E-state index in [1.54, 1.807) is 12.1 Å². The molecule has 0 atom stereocenters. The molecule has 0 fully saturated rings. The van der Waals surface area contributed by atoms with Crippen molar-refractivity contribution in [2.24, 2.45) is 0 Å². The van der Waals surface area contributed by atoms with Crippen molar-refractivity contribution in [2.45, 2.75) is 5.75 Å². The molecule has 0 unspecified atom stereocenters. The number of hydrogen-bond acceptors (Lipinski definition) is 3. The highest BCUT2D eigenvalue weighted by atomic mass is 79.9. The molecule has 0 spiro atoms. The Balaban J connectivity index is 2.44. The van der Waals surface area contributed by atoms with Gasteiger partial charge in [-0.2, -0.15) is 12.6 Å². The fraction of sp³-hybridized carbons (Fsp3) is 0.100. The summed E-state index contributed by atoms with van der Waals surface area (Å²) in [6.07, 6.45) is 0. The molecule has 2 nitrogen and oxygen atoms in total. The zero-order valence-electron chi connectivity index (χ0n) is 7.58. The maximum Gasteiger partial charge on any atom is 0.168 e. The van der Waals surface area contributed by atoms with E-state index in [0.717, 1.165) is 11.3 Å². The topological polar surface area (TPSA) is 26.0 Å². The first-order valence-electron chi connectivity index (χ1n) is 4.22. The summed E-state index contributed by atoms with van der Waals surface area (Å²) in [7, 11) is 0. The van der Waals surface area contributed by atoms with E-state index < -0.39 is 0 Å². The maximum atomic E-state index is 12.8. The molecule has 0 aliphatic heterocycles. The van der Waals surface area contributed by atoms with Gasteiger partial charge in [0.25, 0.3) is 0 Å². The van der Waals surface area contributed by atoms with Crippen molar-refractivity contribution in [3.05, 3.63) is 40.2 Å². The molecule has 1 aromatic carbocycles. The van der Waals surface area contributed by atoms with Gasteiger partial charge in [0.2, 0.25) is 0 Å². The smallest absolute Gasteiger partial charge is 0.168 e. The highest BCUT2D eigenvalue weighted by Gasteiger charge is 2.09. The van der Waals surface area contributed by atoms with Gasteiger partial charge in [-0.25, -0.2) is 4.39 Å². The number of thiol groups is 1. The maximum absolute atomic E-state index is 12.8. The molecule has 2 aromatic rings. The SMILES string of the molecule is Fc1ccc(-c2cc(CS)no2)c(Br)c1. The summed E-state index contributed by atoms with van der Waals surface area (Å²) in [6, 6.07) is 6.19. The Bertz CT molecular complexity index is 486. The molecule has 2 rings (SSSR count). The van der Waals surface area contributed by atoms with Crippen molar-refractivity contribution in [3.8, 4) is 11.3 Å². The number of aromatic nitrogens is 1. The predicted octanol–water partition coefficient (Wildman–Crippen LogP) is 3.67. The standard InChI is InChI=1S/C10H7BrFNOS/c11-9-3-6(12)1-2-8(9)10-4-7(5-15)13-14-10/h1-4,15H,5H2. The summed E-state index contributed by atoms with van der Waals surface area (Å²) in [4.78, 5) is 0. The van der Waals surface area contributed by atoms with Crippen molar-refractivity contribution < 1.29 is 8.91 Å². The van der Waals surface area contributed by atoms with Crippen molar-refractivity contribution in [2.75, 3.05) is 0 Å². The number of nitrogens with zero attached hydrogens (tertiary/aromatic N) is 1. The van der Waals surface area contributed by atoms with Crippen LogP contribution in [0.3, 0.4) is 0 Å². The van der Waals surface area contributed by atoms with E-state index >= 15 is 0 Å². The molecular formula is C10H7BrFNOS.